The first-order valence-corrected chi connectivity index (χ1v) is 6.58. The Kier molecular flexibility index (Phi) is 7.99. The van der Waals surface area contributed by atoms with Crippen LogP contribution in [0.5, 0.6) is 0 Å². The van der Waals surface area contributed by atoms with E-state index in [1.165, 1.54) is 0 Å². The van der Waals surface area contributed by atoms with Crippen molar-refractivity contribution in [2.45, 2.75) is 64.4 Å². The Labute approximate surface area is 115 Å². The maximum atomic E-state index is 9.93. The molecule has 0 bridgehead atoms. The second kappa shape index (κ2) is 8.11. The summed E-state index contributed by atoms with van der Waals surface area (Å²) in [4.78, 5) is 0. The Morgan fingerprint density at radius 2 is 1.74 bits per heavy atom. The van der Waals surface area contributed by atoms with E-state index in [0.29, 0.717) is 0 Å². The molecule has 0 aromatic heterocycles. The van der Waals surface area contributed by atoms with Gasteiger partial charge in [-0.05, 0) is 20.8 Å². The van der Waals surface area contributed by atoms with E-state index in [-0.39, 0.29) is 18.9 Å². The van der Waals surface area contributed by atoms with Crippen LogP contribution in [0.15, 0.2) is 0 Å². The van der Waals surface area contributed by atoms with Gasteiger partial charge in [0.2, 0.25) is 0 Å². The monoisotopic (exact) mass is 278 g/mol. The lowest BCUT2D eigenvalue weighted by atomic mass is 10.0. The number of rotatable bonds is 8. The zero-order chi connectivity index (χ0) is 15.2. The summed E-state index contributed by atoms with van der Waals surface area (Å²) in [6.07, 6.45) is -2.13. The van der Waals surface area contributed by atoms with E-state index >= 15 is 0 Å². The number of aliphatic hydroxyl groups is 2. The third-order valence-electron chi connectivity index (χ3n) is 2.70. The lowest BCUT2D eigenvalue weighted by Crippen LogP contribution is -2.58. The van der Waals surface area contributed by atoms with E-state index in [1.807, 2.05) is 20.8 Å². The Morgan fingerprint density at radius 3 is 2.16 bits per heavy atom. The fraction of sp³-hybridized carbons (Fsp3) is 1.00. The summed E-state index contributed by atoms with van der Waals surface area (Å²) < 4.78 is 5.37. The molecule has 0 aliphatic rings. The van der Waals surface area contributed by atoms with Crippen LogP contribution in [0.4, 0.5) is 0 Å². The molecule has 0 aliphatic heterocycles. The molecule has 0 fully saturated rings. The van der Waals surface area contributed by atoms with Gasteiger partial charge in [0.25, 0.3) is 0 Å². The minimum absolute atomic E-state index is 0.227. The van der Waals surface area contributed by atoms with Crippen LogP contribution in [-0.4, -0.2) is 47.1 Å². The summed E-state index contributed by atoms with van der Waals surface area (Å²) in [7, 11) is 0. The fourth-order valence-electron chi connectivity index (χ4n) is 1.53. The van der Waals surface area contributed by atoms with Crippen molar-refractivity contribution in [1.82, 2.24) is 5.32 Å². The minimum Gasteiger partial charge on any atom is -0.378 e. The van der Waals surface area contributed by atoms with Crippen molar-refractivity contribution >= 4 is 0 Å². The van der Waals surface area contributed by atoms with Crippen LogP contribution >= 0.6 is 0 Å². The van der Waals surface area contributed by atoms with E-state index in [9.17, 15) is 10.2 Å². The molecule has 0 rings (SSSR count). The molecule has 0 radical (unpaired) electrons. The second-order valence-corrected chi connectivity index (χ2v) is 5.93. The summed E-state index contributed by atoms with van der Waals surface area (Å²) in [5, 5.41) is 22.4. The quantitative estimate of drug-likeness (QED) is 0.301. The topological polar surface area (TPSA) is 140 Å². The molecular weight excluding hydrogens is 248 g/mol. The first-order valence-electron chi connectivity index (χ1n) is 6.58. The number of ether oxygens (including phenoxy) is 1. The van der Waals surface area contributed by atoms with Crippen LogP contribution in [0.2, 0.25) is 0 Å². The van der Waals surface area contributed by atoms with Gasteiger partial charge in [-0.3, -0.25) is 5.32 Å². The number of hydrogen-bond acceptors (Lipinski definition) is 7. The highest BCUT2D eigenvalue weighted by Crippen LogP contribution is 2.16. The zero-order valence-electron chi connectivity index (χ0n) is 12.3. The van der Waals surface area contributed by atoms with Gasteiger partial charge in [0.05, 0.1) is 11.8 Å². The van der Waals surface area contributed by atoms with Crippen molar-refractivity contribution in [3.05, 3.63) is 0 Å². The standard InChI is InChI=1S/C12H30N4O3/c1-7(5-9(17)19-12(2,3)4)11(18)16-10(15)8(14)6-13/h7-11,16-18H,5-6,13-15H2,1-4H3. The van der Waals surface area contributed by atoms with Crippen LogP contribution < -0.4 is 22.5 Å². The highest BCUT2D eigenvalue weighted by Gasteiger charge is 2.24. The molecule has 0 saturated carbocycles. The molecule has 5 atom stereocenters. The summed E-state index contributed by atoms with van der Waals surface area (Å²) in [5.74, 6) is -0.242. The van der Waals surface area contributed by atoms with Gasteiger partial charge in [-0.15, -0.1) is 0 Å². The SMILES string of the molecule is CC(CC(O)OC(C)(C)C)C(O)NC(N)C(N)CN. The molecule has 0 aliphatic carbocycles. The maximum Gasteiger partial charge on any atom is 0.155 e. The predicted octanol–water partition coefficient (Wildman–Crippen LogP) is -1.38. The molecular formula is C12H30N4O3. The van der Waals surface area contributed by atoms with Crippen molar-refractivity contribution in [2.24, 2.45) is 23.1 Å². The van der Waals surface area contributed by atoms with Crippen LogP contribution in [0.3, 0.4) is 0 Å². The molecule has 19 heavy (non-hydrogen) atoms. The average molecular weight is 278 g/mol. The van der Waals surface area contributed by atoms with Crippen molar-refractivity contribution in [3.63, 3.8) is 0 Å². The third kappa shape index (κ3) is 8.48. The first kappa shape index (κ1) is 18.7. The van der Waals surface area contributed by atoms with Crippen LogP contribution in [-0.2, 0) is 4.74 Å². The van der Waals surface area contributed by atoms with Crippen molar-refractivity contribution in [1.29, 1.82) is 0 Å². The van der Waals surface area contributed by atoms with Crippen LogP contribution in [0.1, 0.15) is 34.1 Å². The normalized spacial score (nSPS) is 20.7. The van der Waals surface area contributed by atoms with Gasteiger partial charge in [-0.2, -0.15) is 0 Å². The minimum atomic E-state index is -0.939. The van der Waals surface area contributed by atoms with E-state index < -0.39 is 30.3 Å². The van der Waals surface area contributed by atoms with Gasteiger partial charge in [0, 0.05) is 24.9 Å². The maximum absolute atomic E-state index is 9.93. The lowest BCUT2D eigenvalue weighted by Gasteiger charge is -2.30. The average Bonchev–Trinajstić information content (AvgIpc) is 2.24. The molecule has 0 amide bonds. The van der Waals surface area contributed by atoms with Crippen LogP contribution in [0, 0.1) is 5.92 Å². The smallest absolute Gasteiger partial charge is 0.155 e. The van der Waals surface area contributed by atoms with Gasteiger partial charge in [-0.25, -0.2) is 0 Å². The third-order valence-corrected chi connectivity index (χ3v) is 2.70. The molecule has 116 valence electrons. The highest BCUT2D eigenvalue weighted by atomic mass is 16.6. The van der Waals surface area contributed by atoms with E-state index in [2.05, 4.69) is 5.32 Å². The Hall–Kier alpha value is -0.280. The van der Waals surface area contributed by atoms with Gasteiger partial charge in [0.1, 0.15) is 6.23 Å². The fourth-order valence-corrected chi connectivity index (χ4v) is 1.53. The first-order chi connectivity index (χ1) is 8.56. The number of nitrogens with two attached hydrogens (primary N) is 3. The Bertz CT molecular complexity index is 248. The zero-order valence-corrected chi connectivity index (χ0v) is 12.3. The molecule has 7 nitrogen and oxygen atoms in total. The van der Waals surface area contributed by atoms with Gasteiger partial charge >= 0.3 is 0 Å². The summed E-state index contributed by atoms with van der Waals surface area (Å²) in [5.41, 5.74) is 16.3. The molecule has 9 N–H and O–H groups in total. The number of hydrogen-bond donors (Lipinski definition) is 6. The molecule has 0 saturated heterocycles. The summed E-state index contributed by atoms with van der Waals surface area (Å²) in [6, 6.07) is -0.433. The van der Waals surface area contributed by atoms with E-state index in [0.717, 1.165) is 0 Å². The van der Waals surface area contributed by atoms with Crippen molar-refractivity contribution in [3.8, 4) is 0 Å². The van der Waals surface area contributed by atoms with Gasteiger partial charge in [0.15, 0.2) is 6.29 Å². The van der Waals surface area contributed by atoms with Crippen molar-refractivity contribution in [2.75, 3.05) is 6.54 Å². The summed E-state index contributed by atoms with van der Waals surface area (Å²) in [6.45, 7) is 7.57. The lowest BCUT2D eigenvalue weighted by molar-refractivity contribution is -0.177. The molecule has 5 unspecified atom stereocenters. The Morgan fingerprint density at radius 1 is 1.21 bits per heavy atom. The second-order valence-electron chi connectivity index (χ2n) is 5.93. The molecule has 0 aromatic rings. The Balaban J connectivity index is 4.16. The van der Waals surface area contributed by atoms with Crippen LogP contribution in [0.25, 0.3) is 0 Å². The predicted molar refractivity (Wildman–Crippen MR) is 74.8 cm³/mol. The van der Waals surface area contributed by atoms with E-state index in [1.54, 1.807) is 6.92 Å². The van der Waals surface area contributed by atoms with E-state index in [4.69, 9.17) is 21.9 Å². The highest BCUT2D eigenvalue weighted by molar-refractivity contribution is 4.77. The largest absolute Gasteiger partial charge is 0.378 e. The molecule has 0 heterocycles. The van der Waals surface area contributed by atoms with Gasteiger partial charge < -0.3 is 32.2 Å². The summed E-state index contributed by atoms with van der Waals surface area (Å²) >= 11 is 0. The van der Waals surface area contributed by atoms with Gasteiger partial charge in [-0.1, -0.05) is 6.92 Å². The number of aliphatic hydroxyl groups excluding tert-OH is 2. The molecule has 0 spiro atoms. The molecule has 7 heteroatoms. The molecule has 0 aromatic carbocycles. The van der Waals surface area contributed by atoms with Crippen molar-refractivity contribution < 1.29 is 14.9 Å². The number of nitrogens with one attached hydrogen (secondary N) is 1.